The van der Waals surface area contributed by atoms with Gasteiger partial charge in [0.2, 0.25) is 0 Å². The summed E-state index contributed by atoms with van der Waals surface area (Å²) in [6.07, 6.45) is -4.92. The molecule has 0 bridgehead atoms. The van der Waals surface area contributed by atoms with E-state index in [1.54, 1.807) is 36.4 Å². The number of amides is 1. The molecular formula is C21H12Cl3F3N4O2. The van der Waals surface area contributed by atoms with Crippen LogP contribution in [-0.2, 0) is 11.0 Å². The van der Waals surface area contributed by atoms with E-state index in [9.17, 15) is 18.0 Å². The van der Waals surface area contributed by atoms with Crippen molar-refractivity contribution in [2.24, 2.45) is 0 Å². The third-order valence-corrected chi connectivity index (χ3v) is 5.42. The standard InChI is InChI=1S/C21H12Cl3F3N4O2/c1-33-30-20(32)14-9-13-17(10-2-4-11(22)5-3-10)31(16-7-6-12(23)8-15(16)24)29-19(13)28-18(14)21(25,26)27/h2-9H,1H3,(H,30,32). The number of carbonyl (C=O) groups excluding carboxylic acids is 1. The number of rotatable bonds is 4. The Morgan fingerprint density at radius 3 is 2.30 bits per heavy atom. The summed E-state index contributed by atoms with van der Waals surface area (Å²) in [5.41, 5.74) is 0.768. The van der Waals surface area contributed by atoms with Gasteiger partial charge in [-0.1, -0.05) is 46.9 Å². The monoisotopic (exact) mass is 514 g/mol. The fraction of sp³-hybridized carbons (Fsp3) is 0.0952. The van der Waals surface area contributed by atoms with Crippen molar-refractivity contribution < 1.29 is 22.8 Å². The number of alkyl halides is 3. The maximum absolute atomic E-state index is 13.7. The lowest BCUT2D eigenvalue weighted by Crippen LogP contribution is -2.26. The number of aromatic nitrogens is 3. The van der Waals surface area contributed by atoms with E-state index in [4.69, 9.17) is 34.8 Å². The van der Waals surface area contributed by atoms with Gasteiger partial charge in [-0.05, 0) is 36.4 Å². The van der Waals surface area contributed by atoms with E-state index in [0.717, 1.165) is 13.2 Å². The Morgan fingerprint density at radius 2 is 1.70 bits per heavy atom. The highest BCUT2D eigenvalue weighted by Crippen LogP contribution is 2.38. The maximum Gasteiger partial charge on any atom is 0.434 e. The first-order valence-corrected chi connectivity index (χ1v) is 10.3. The van der Waals surface area contributed by atoms with Gasteiger partial charge in [-0.3, -0.25) is 9.63 Å². The van der Waals surface area contributed by atoms with Crippen molar-refractivity contribution in [1.29, 1.82) is 0 Å². The van der Waals surface area contributed by atoms with E-state index in [1.807, 2.05) is 5.48 Å². The minimum atomic E-state index is -4.92. The van der Waals surface area contributed by atoms with Crippen LogP contribution in [0.2, 0.25) is 15.1 Å². The molecule has 0 atom stereocenters. The third kappa shape index (κ3) is 4.49. The number of carbonyl (C=O) groups is 1. The number of hydroxylamine groups is 1. The molecule has 6 nitrogen and oxygen atoms in total. The molecule has 2 aromatic heterocycles. The Morgan fingerprint density at radius 1 is 1.03 bits per heavy atom. The summed E-state index contributed by atoms with van der Waals surface area (Å²) in [4.78, 5) is 20.5. The van der Waals surface area contributed by atoms with Gasteiger partial charge in [-0.25, -0.2) is 15.1 Å². The van der Waals surface area contributed by atoms with Gasteiger partial charge >= 0.3 is 6.18 Å². The Kier molecular flexibility index (Phi) is 6.24. The molecule has 4 aromatic rings. The Bertz CT molecular complexity index is 1370. The van der Waals surface area contributed by atoms with Crippen LogP contribution < -0.4 is 5.48 Å². The van der Waals surface area contributed by atoms with Crippen molar-refractivity contribution in [3.8, 4) is 16.9 Å². The highest BCUT2D eigenvalue weighted by molar-refractivity contribution is 6.35. The first-order chi connectivity index (χ1) is 15.6. The van der Waals surface area contributed by atoms with Crippen LogP contribution in [0.25, 0.3) is 28.0 Å². The summed E-state index contributed by atoms with van der Waals surface area (Å²) in [7, 11) is 1.11. The molecule has 0 spiro atoms. The second-order valence-electron chi connectivity index (χ2n) is 6.75. The number of hydrogen-bond acceptors (Lipinski definition) is 4. The van der Waals surface area contributed by atoms with Crippen molar-refractivity contribution in [3.05, 3.63) is 74.9 Å². The quantitative estimate of drug-likeness (QED) is 0.321. The normalized spacial score (nSPS) is 11.7. The Labute approximate surface area is 199 Å². The van der Waals surface area contributed by atoms with E-state index in [2.05, 4.69) is 14.9 Å². The summed E-state index contributed by atoms with van der Waals surface area (Å²) in [5, 5.41) is 5.48. The summed E-state index contributed by atoms with van der Waals surface area (Å²) in [6.45, 7) is 0. The van der Waals surface area contributed by atoms with Gasteiger partial charge < -0.3 is 0 Å². The molecule has 4 rings (SSSR count). The number of fused-ring (bicyclic) bond motifs is 1. The third-order valence-electron chi connectivity index (χ3n) is 4.63. The molecule has 0 aliphatic carbocycles. The molecule has 0 unspecified atom stereocenters. The van der Waals surface area contributed by atoms with Gasteiger partial charge in [0.1, 0.15) is 0 Å². The second-order valence-corrected chi connectivity index (χ2v) is 8.03. The predicted octanol–water partition coefficient (Wildman–Crippen LogP) is 6.36. The van der Waals surface area contributed by atoms with E-state index in [1.165, 1.54) is 10.7 Å². The SMILES string of the molecule is CONC(=O)c1cc2c(-c3ccc(Cl)cc3)n(-c3ccc(Cl)cc3Cl)nc2nc1C(F)(F)F. The van der Waals surface area contributed by atoms with Gasteiger partial charge in [-0.2, -0.15) is 13.2 Å². The van der Waals surface area contributed by atoms with Crippen molar-refractivity contribution in [1.82, 2.24) is 20.2 Å². The Hall–Kier alpha value is -2.85. The van der Waals surface area contributed by atoms with Gasteiger partial charge in [0, 0.05) is 21.0 Å². The van der Waals surface area contributed by atoms with E-state index in [0.29, 0.717) is 27.0 Å². The zero-order valence-corrected chi connectivity index (χ0v) is 18.8. The summed E-state index contributed by atoms with van der Waals surface area (Å²) in [6, 6.07) is 12.2. The van der Waals surface area contributed by atoms with Crippen LogP contribution in [0, 0.1) is 0 Å². The van der Waals surface area contributed by atoms with Crippen molar-refractivity contribution in [3.63, 3.8) is 0 Å². The number of pyridine rings is 1. The van der Waals surface area contributed by atoms with Crippen LogP contribution in [0.5, 0.6) is 0 Å². The van der Waals surface area contributed by atoms with Crippen LogP contribution in [0.3, 0.4) is 0 Å². The van der Waals surface area contributed by atoms with E-state index in [-0.39, 0.29) is 16.1 Å². The highest BCUT2D eigenvalue weighted by Gasteiger charge is 2.38. The molecule has 0 saturated heterocycles. The minimum absolute atomic E-state index is 0.178. The lowest BCUT2D eigenvalue weighted by molar-refractivity contribution is -0.141. The van der Waals surface area contributed by atoms with Crippen LogP contribution in [0.1, 0.15) is 16.1 Å². The number of hydrogen-bond donors (Lipinski definition) is 1. The number of nitrogens with one attached hydrogen (secondary N) is 1. The molecule has 12 heteroatoms. The topological polar surface area (TPSA) is 69.0 Å². The molecular weight excluding hydrogens is 504 g/mol. The first-order valence-electron chi connectivity index (χ1n) is 9.16. The molecule has 0 aliphatic rings. The Balaban J connectivity index is 2.10. The second kappa shape index (κ2) is 8.83. The molecule has 0 saturated carbocycles. The maximum atomic E-state index is 13.7. The summed E-state index contributed by atoms with van der Waals surface area (Å²) in [5.74, 6) is -1.11. The molecule has 2 heterocycles. The molecule has 0 aliphatic heterocycles. The van der Waals surface area contributed by atoms with Crippen molar-refractivity contribution in [2.75, 3.05) is 7.11 Å². The highest BCUT2D eigenvalue weighted by atomic mass is 35.5. The molecule has 2 aromatic carbocycles. The van der Waals surface area contributed by atoms with Crippen LogP contribution in [0.4, 0.5) is 13.2 Å². The average molecular weight is 516 g/mol. The molecule has 33 heavy (non-hydrogen) atoms. The van der Waals surface area contributed by atoms with Gasteiger partial charge in [-0.15, -0.1) is 5.10 Å². The van der Waals surface area contributed by atoms with E-state index < -0.39 is 23.3 Å². The van der Waals surface area contributed by atoms with Crippen molar-refractivity contribution >= 4 is 51.7 Å². The largest absolute Gasteiger partial charge is 0.434 e. The van der Waals surface area contributed by atoms with Crippen LogP contribution in [-0.4, -0.2) is 27.8 Å². The smallest absolute Gasteiger partial charge is 0.277 e. The number of nitrogens with zero attached hydrogens (tertiary/aromatic N) is 3. The van der Waals surface area contributed by atoms with E-state index >= 15 is 0 Å². The number of benzene rings is 2. The predicted molar refractivity (Wildman–Crippen MR) is 119 cm³/mol. The van der Waals surface area contributed by atoms with Crippen LogP contribution >= 0.6 is 34.8 Å². The molecule has 0 fully saturated rings. The lowest BCUT2D eigenvalue weighted by Gasteiger charge is -2.12. The molecule has 1 N–H and O–H groups in total. The van der Waals surface area contributed by atoms with Gasteiger partial charge in [0.05, 0.1) is 29.1 Å². The fourth-order valence-corrected chi connectivity index (χ4v) is 3.88. The molecule has 1 amide bonds. The average Bonchev–Trinajstić information content (AvgIpc) is 3.11. The van der Waals surface area contributed by atoms with Gasteiger partial charge in [0.15, 0.2) is 11.3 Å². The molecule has 0 radical (unpaired) electrons. The fourth-order valence-electron chi connectivity index (χ4n) is 3.26. The molecule has 170 valence electrons. The number of halogens is 6. The summed E-state index contributed by atoms with van der Waals surface area (Å²) >= 11 is 18.3. The van der Waals surface area contributed by atoms with Crippen molar-refractivity contribution in [2.45, 2.75) is 6.18 Å². The minimum Gasteiger partial charge on any atom is -0.277 e. The lowest BCUT2D eigenvalue weighted by atomic mass is 10.1. The zero-order chi connectivity index (χ0) is 23.9. The van der Waals surface area contributed by atoms with Crippen LogP contribution in [0.15, 0.2) is 48.5 Å². The first kappa shape index (κ1) is 23.3. The zero-order valence-electron chi connectivity index (χ0n) is 16.5. The van der Waals surface area contributed by atoms with Gasteiger partial charge in [0.25, 0.3) is 5.91 Å². The summed E-state index contributed by atoms with van der Waals surface area (Å²) < 4.78 is 42.5.